The second-order valence-electron chi connectivity index (χ2n) is 14.6. The Hall–Kier alpha value is -2.64. The standard InChI is InChI=1S/C35H49N3O4/c1-23(10-8-18-34(2,3)42)29-16-17-30-24(11-9-19-35(29,30)4)20-31-28-21-27(39)15-14-25(28)22-36-32(40)37(33(41)38(31)36)26-12-6-5-7-13-26/h5-7,12-13,20,23,27,29-31,39,42H,8-11,14-19,21-22H2,1-4H3/b24-20+/t23?,27-,29+,30-,31-,35+/m0/s1. The number of rotatable bonds is 7. The molecule has 1 aromatic carbocycles. The molecular formula is C35H49N3O4. The number of nitrogens with zero attached hydrogens (tertiary/aromatic N) is 3. The van der Waals surface area contributed by atoms with E-state index < -0.39 is 11.7 Å². The van der Waals surface area contributed by atoms with Crippen molar-refractivity contribution in [2.45, 2.75) is 123 Å². The third kappa shape index (κ3) is 5.21. The summed E-state index contributed by atoms with van der Waals surface area (Å²) < 4.78 is 4.65. The minimum absolute atomic E-state index is 0.219. The van der Waals surface area contributed by atoms with Crippen LogP contribution < -0.4 is 11.4 Å². The zero-order chi connectivity index (χ0) is 29.8. The van der Waals surface area contributed by atoms with Crippen LogP contribution in [0.3, 0.4) is 0 Å². The maximum Gasteiger partial charge on any atom is 0.352 e. The largest absolute Gasteiger partial charge is 0.393 e. The van der Waals surface area contributed by atoms with E-state index in [-0.39, 0.29) is 22.8 Å². The molecule has 2 aromatic rings. The van der Waals surface area contributed by atoms with E-state index in [1.807, 2.05) is 44.2 Å². The summed E-state index contributed by atoms with van der Waals surface area (Å²) in [6.45, 7) is 9.13. The van der Waals surface area contributed by atoms with Gasteiger partial charge in [-0.15, -0.1) is 0 Å². The highest BCUT2D eigenvalue weighted by Crippen LogP contribution is 2.60. The number of aromatic nitrogens is 3. The van der Waals surface area contributed by atoms with Gasteiger partial charge in [-0.25, -0.2) is 23.5 Å². The summed E-state index contributed by atoms with van der Waals surface area (Å²) >= 11 is 0. The van der Waals surface area contributed by atoms with Crippen LogP contribution in [0.5, 0.6) is 0 Å². The number of allylic oxidation sites excluding steroid dienone is 3. The minimum Gasteiger partial charge on any atom is -0.393 e. The van der Waals surface area contributed by atoms with Crippen molar-refractivity contribution in [1.82, 2.24) is 13.9 Å². The summed E-state index contributed by atoms with van der Waals surface area (Å²) in [5, 5.41) is 20.9. The van der Waals surface area contributed by atoms with Crippen LogP contribution in [-0.2, 0) is 6.54 Å². The second-order valence-corrected chi connectivity index (χ2v) is 14.6. The van der Waals surface area contributed by atoms with Gasteiger partial charge in [-0.2, -0.15) is 0 Å². The summed E-state index contributed by atoms with van der Waals surface area (Å²) in [5.74, 6) is 1.72. The Morgan fingerprint density at radius 2 is 1.86 bits per heavy atom. The Balaban J connectivity index is 1.37. The molecule has 6 rings (SSSR count). The van der Waals surface area contributed by atoms with Gasteiger partial charge in [-0.3, -0.25) is 0 Å². The normalized spacial score (nSPS) is 31.1. The van der Waals surface area contributed by atoms with Crippen LogP contribution in [0.15, 0.2) is 62.7 Å². The Bertz CT molecular complexity index is 1490. The van der Waals surface area contributed by atoms with Gasteiger partial charge in [0.05, 0.1) is 30.0 Å². The van der Waals surface area contributed by atoms with Gasteiger partial charge < -0.3 is 10.2 Å². The average molecular weight is 576 g/mol. The number of aliphatic hydroxyl groups excluding tert-OH is 1. The van der Waals surface area contributed by atoms with E-state index >= 15 is 0 Å². The molecule has 7 nitrogen and oxygen atoms in total. The van der Waals surface area contributed by atoms with Gasteiger partial charge >= 0.3 is 11.4 Å². The smallest absolute Gasteiger partial charge is 0.352 e. The molecule has 2 N–H and O–H groups in total. The number of aliphatic hydroxyl groups is 2. The lowest BCUT2D eigenvalue weighted by molar-refractivity contribution is 0.0596. The summed E-state index contributed by atoms with van der Waals surface area (Å²) in [6.07, 6.45) is 12.7. The highest BCUT2D eigenvalue weighted by Gasteiger charge is 2.51. The molecule has 0 bridgehead atoms. The summed E-state index contributed by atoms with van der Waals surface area (Å²) in [4.78, 5) is 27.7. The molecule has 2 saturated carbocycles. The van der Waals surface area contributed by atoms with Crippen LogP contribution in [0, 0.1) is 23.2 Å². The van der Waals surface area contributed by atoms with Crippen LogP contribution in [0.25, 0.3) is 5.69 Å². The molecule has 2 fully saturated rings. The van der Waals surface area contributed by atoms with Crippen molar-refractivity contribution in [3.8, 4) is 5.69 Å². The number of hydrogen-bond donors (Lipinski definition) is 2. The van der Waals surface area contributed by atoms with Gasteiger partial charge in [0.2, 0.25) is 0 Å². The average Bonchev–Trinajstić information content (AvgIpc) is 3.42. The molecule has 1 unspecified atom stereocenters. The molecule has 0 spiro atoms. The number of para-hydroxylation sites is 1. The first-order valence-electron chi connectivity index (χ1n) is 16.3. The maximum atomic E-state index is 14.0. The molecular weight excluding hydrogens is 526 g/mol. The van der Waals surface area contributed by atoms with Gasteiger partial charge in [0, 0.05) is 0 Å². The van der Waals surface area contributed by atoms with Gasteiger partial charge in [0.15, 0.2) is 0 Å². The monoisotopic (exact) mass is 575 g/mol. The number of benzene rings is 1. The Morgan fingerprint density at radius 1 is 1.10 bits per heavy atom. The third-order valence-electron chi connectivity index (χ3n) is 11.3. The lowest BCUT2D eigenvalue weighted by atomic mass is 9.60. The molecule has 6 atom stereocenters. The summed E-state index contributed by atoms with van der Waals surface area (Å²) in [5.41, 5.74) is 3.39. The van der Waals surface area contributed by atoms with E-state index in [9.17, 15) is 19.8 Å². The van der Waals surface area contributed by atoms with Gasteiger partial charge in [0.25, 0.3) is 0 Å². The fourth-order valence-corrected chi connectivity index (χ4v) is 9.19. The second kappa shape index (κ2) is 11.1. The van der Waals surface area contributed by atoms with E-state index in [1.165, 1.54) is 28.6 Å². The fourth-order valence-electron chi connectivity index (χ4n) is 9.19. The van der Waals surface area contributed by atoms with Crippen LogP contribution in [-0.4, -0.2) is 35.8 Å². The SMILES string of the molecule is CC(CCCC(C)(C)O)[C@H]1CC[C@H]2/C(=C/[C@H]3C4=C(CC[C@H](O)C4)Cn4c(=O)n(-c5ccccc5)c(=O)n43)CCC[C@]12C. The number of hydrogen-bond acceptors (Lipinski definition) is 4. The van der Waals surface area contributed by atoms with Gasteiger partial charge in [0.1, 0.15) is 0 Å². The quantitative estimate of drug-likeness (QED) is 0.402. The van der Waals surface area contributed by atoms with E-state index in [4.69, 9.17) is 0 Å². The molecule has 7 heteroatoms. The van der Waals surface area contributed by atoms with Gasteiger partial charge in [-0.05, 0) is 118 Å². The first-order chi connectivity index (χ1) is 20.0. The molecule has 2 heterocycles. The fraction of sp³-hybridized carbons (Fsp3) is 0.657. The molecule has 0 saturated heterocycles. The Kier molecular flexibility index (Phi) is 7.80. The Morgan fingerprint density at radius 3 is 2.60 bits per heavy atom. The van der Waals surface area contributed by atoms with Crippen molar-refractivity contribution in [3.05, 3.63) is 74.1 Å². The van der Waals surface area contributed by atoms with E-state index in [0.717, 1.165) is 50.5 Å². The third-order valence-corrected chi connectivity index (χ3v) is 11.3. The van der Waals surface area contributed by atoms with E-state index in [0.29, 0.717) is 42.8 Å². The zero-order valence-corrected chi connectivity index (χ0v) is 25.9. The van der Waals surface area contributed by atoms with E-state index in [1.54, 1.807) is 9.36 Å². The lowest BCUT2D eigenvalue weighted by Crippen LogP contribution is -2.39. The highest BCUT2D eigenvalue weighted by molar-refractivity contribution is 5.35. The maximum absolute atomic E-state index is 14.0. The molecule has 1 aromatic heterocycles. The minimum atomic E-state index is -0.610. The topological polar surface area (TPSA) is 89.4 Å². The molecule has 4 aliphatic rings. The summed E-state index contributed by atoms with van der Waals surface area (Å²) in [6, 6.07) is 8.89. The lowest BCUT2D eigenvalue weighted by Gasteiger charge is -2.45. The van der Waals surface area contributed by atoms with Crippen molar-refractivity contribution >= 4 is 0 Å². The van der Waals surface area contributed by atoms with Crippen molar-refractivity contribution in [3.63, 3.8) is 0 Å². The van der Waals surface area contributed by atoms with E-state index in [2.05, 4.69) is 19.9 Å². The summed E-state index contributed by atoms with van der Waals surface area (Å²) in [7, 11) is 0. The predicted molar refractivity (Wildman–Crippen MR) is 166 cm³/mol. The van der Waals surface area contributed by atoms with Crippen molar-refractivity contribution < 1.29 is 10.2 Å². The highest BCUT2D eigenvalue weighted by atomic mass is 16.3. The van der Waals surface area contributed by atoms with Crippen LogP contribution in [0.2, 0.25) is 0 Å². The molecule has 0 radical (unpaired) electrons. The molecule has 3 aliphatic carbocycles. The predicted octanol–water partition coefficient (Wildman–Crippen LogP) is 5.92. The molecule has 228 valence electrons. The van der Waals surface area contributed by atoms with Crippen molar-refractivity contribution in [2.75, 3.05) is 0 Å². The molecule has 0 amide bonds. The first-order valence-corrected chi connectivity index (χ1v) is 16.3. The van der Waals surface area contributed by atoms with Crippen LogP contribution >= 0.6 is 0 Å². The number of fused-ring (bicyclic) bond motifs is 2. The van der Waals surface area contributed by atoms with Crippen molar-refractivity contribution in [1.29, 1.82) is 0 Å². The molecule has 1 aliphatic heterocycles. The Labute approximate surface area is 249 Å². The first kappa shape index (κ1) is 29.4. The van der Waals surface area contributed by atoms with Gasteiger partial charge in [-0.1, -0.05) is 56.5 Å². The van der Waals surface area contributed by atoms with Crippen LogP contribution in [0.4, 0.5) is 0 Å². The zero-order valence-electron chi connectivity index (χ0n) is 25.9. The van der Waals surface area contributed by atoms with Crippen LogP contribution in [0.1, 0.15) is 104 Å². The molecule has 42 heavy (non-hydrogen) atoms. The van der Waals surface area contributed by atoms with Crippen molar-refractivity contribution in [2.24, 2.45) is 23.2 Å².